The Morgan fingerprint density at radius 1 is 0.964 bits per heavy atom. The van der Waals surface area contributed by atoms with Gasteiger partial charge >= 0.3 is 5.97 Å². The van der Waals surface area contributed by atoms with Gasteiger partial charge in [0.2, 0.25) is 0 Å². The van der Waals surface area contributed by atoms with E-state index in [1.165, 1.54) is 31.2 Å². The largest absolute Gasteiger partial charge is 0.449 e. The van der Waals surface area contributed by atoms with Gasteiger partial charge in [-0.15, -0.1) is 0 Å². The van der Waals surface area contributed by atoms with Crippen molar-refractivity contribution in [2.24, 2.45) is 0 Å². The average Bonchev–Trinajstić information content (AvgIpc) is 2.63. The van der Waals surface area contributed by atoms with Gasteiger partial charge in [-0.05, 0) is 63.6 Å². The second-order valence-corrected chi connectivity index (χ2v) is 8.34. The Hall–Kier alpha value is -2.87. The van der Waals surface area contributed by atoms with Crippen LogP contribution in [0.3, 0.4) is 0 Å². The smallest absolute Gasteiger partial charge is 0.338 e. The number of amides is 1. The summed E-state index contributed by atoms with van der Waals surface area (Å²) < 4.78 is 32.7. The number of nitrogens with one attached hydrogen (secondary N) is 2. The highest BCUT2D eigenvalue weighted by Crippen LogP contribution is 2.20. The molecule has 2 N–H and O–H groups in total. The summed E-state index contributed by atoms with van der Waals surface area (Å²) in [4.78, 5) is 24.0. The molecule has 150 valence electrons. The molecule has 0 unspecified atom stereocenters. The predicted molar refractivity (Wildman–Crippen MR) is 107 cm³/mol. The van der Waals surface area contributed by atoms with Crippen molar-refractivity contribution < 1.29 is 22.7 Å². The van der Waals surface area contributed by atoms with Gasteiger partial charge in [-0.3, -0.25) is 9.52 Å². The quantitative estimate of drug-likeness (QED) is 0.691. The van der Waals surface area contributed by atoms with Crippen LogP contribution in [0.15, 0.2) is 53.4 Å². The van der Waals surface area contributed by atoms with Crippen molar-refractivity contribution in [2.45, 2.75) is 44.7 Å². The minimum Gasteiger partial charge on any atom is -0.449 e. The number of para-hydroxylation sites is 1. The van der Waals surface area contributed by atoms with Crippen LogP contribution in [0.5, 0.6) is 0 Å². The molecule has 0 aromatic heterocycles. The average molecular weight is 404 g/mol. The van der Waals surface area contributed by atoms with Gasteiger partial charge in [0.05, 0.1) is 16.1 Å². The first-order chi connectivity index (χ1) is 13.1. The number of rotatable bonds is 7. The highest BCUT2D eigenvalue weighted by Gasteiger charge is 2.20. The number of esters is 1. The summed E-state index contributed by atoms with van der Waals surface area (Å²) in [6, 6.07) is 12.3. The third-order valence-corrected chi connectivity index (χ3v) is 5.26. The molecule has 0 bridgehead atoms. The lowest BCUT2D eigenvalue weighted by molar-refractivity contribution is -0.129. The first kappa shape index (κ1) is 21.4. The summed E-state index contributed by atoms with van der Waals surface area (Å²) in [7, 11) is -3.79. The van der Waals surface area contributed by atoms with E-state index in [0.29, 0.717) is 5.69 Å². The topological polar surface area (TPSA) is 102 Å². The molecule has 1 amide bonds. The van der Waals surface area contributed by atoms with Crippen LogP contribution in [0.4, 0.5) is 5.69 Å². The highest BCUT2D eigenvalue weighted by atomic mass is 32.2. The van der Waals surface area contributed by atoms with Crippen LogP contribution in [-0.4, -0.2) is 32.4 Å². The Kier molecular flexibility index (Phi) is 6.80. The molecular formula is C20H24N2O5S. The molecule has 1 atom stereocenters. The molecule has 0 heterocycles. The zero-order chi connectivity index (χ0) is 20.9. The lowest BCUT2D eigenvalue weighted by Crippen LogP contribution is -2.39. The first-order valence-corrected chi connectivity index (χ1v) is 10.3. The molecule has 28 heavy (non-hydrogen) atoms. The molecule has 2 rings (SSSR count). The number of carbonyl (C=O) groups excluding carboxylic acids is 2. The summed E-state index contributed by atoms with van der Waals surface area (Å²) in [5, 5.41) is 2.65. The molecule has 0 fully saturated rings. The van der Waals surface area contributed by atoms with E-state index < -0.39 is 28.0 Å². The van der Waals surface area contributed by atoms with Crippen molar-refractivity contribution in [3.05, 3.63) is 59.7 Å². The van der Waals surface area contributed by atoms with Crippen molar-refractivity contribution in [3.63, 3.8) is 0 Å². The number of hydrogen-bond donors (Lipinski definition) is 2. The first-order valence-electron chi connectivity index (χ1n) is 8.80. The van der Waals surface area contributed by atoms with E-state index in [1.807, 2.05) is 6.07 Å². The fourth-order valence-electron chi connectivity index (χ4n) is 2.35. The molecule has 0 aliphatic rings. The van der Waals surface area contributed by atoms with Gasteiger partial charge in [0, 0.05) is 6.04 Å². The normalized spacial score (nSPS) is 12.3. The second-order valence-electron chi connectivity index (χ2n) is 6.66. The van der Waals surface area contributed by atoms with Gasteiger partial charge < -0.3 is 10.1 Å². The number of benzene rings is 2. The van der Waals surface area contributed by atoms with Crippen molar-refractivity contribution in [3.8, 4) is 0 Å². The summed E-state index contributed by atoms with van der Waals surface area (Å²) >= 11 is 0. The van der Waals surface area contributed by atoms with E-state index in [1.54, 1.807) is 39.0 Å². The maximum absolute atomic E-state index is 12.5. The van der Waals surface area contributed by atoms with E-state index in [-0.39, 0.29) is 16.5 Å². The maximum Gasteiger partial charge on any atom is 0.338 e. The van der Waals surface area contributed by atoms with Crippen LogP contribution in [0.25, 0.3) is 0 Å². The molecule has 0 saturated heterocycles. The third-order valence-electron chi connectivity index (χ3n) is 3.87. The molecule has 0 aliphatic carbocycles. The number of hydrogen-bond acceptors (Lipinski definition) is 5. The molecule has 2 aromatic rings. The molecule has 0 saturated carbocycles. The van der Waals surface area contributed by atoms with Gasteiger partial charge in [0.15, 0.2) is 6.10 Å². The number of sulfonamides is 1. The third kappa shape index (κ3) is 5.56. The number of anilines is 1. The molecule has 7 nitrogen and oxygen atoms in total. The van der Waals surface area contributed by atoms with Crippen molar-refractivity contribution >= 4 is 27.6 Å². The maximum atomic E-state index is 12.5. The SMILES string of the molecule is Cc1ccccc1NS(=O)(=O)c1ccc(C(=O)O[C@H](C)C(=O)NC(C)C)cc1. The zero-order valence-electron chi connectivity index (χ0n) is 16.2. The van der Waals surface area contributed by atoms with Gasteiger partial charge in [-0.25, -0.2) is 13.2 Å². The number of aryl methyl sites for hydroxylation is 1. The van der Waals surface area contributed by atoms with Crippen molar-refractivity contribution in [1.82, 2.24) is 5.32 Å². The lowest BCUT2D eigenvalue weighted by atomic mass is 10.2. The second kappa shape index (κ2) is 8.88. The van der Waals surface area contributed by atoms with Gasteiger partial charge in [-0.2, -0.15) is 0 Å². The van der Waals surface area contributed by atoms with Crippen LogP contribution in [0, 0.1) is 6.92 Å². The van der Waals surface area contributed by atoms with E-state index in [4.69, 9.17) is 4.74 Å². The molecule has 0 spiro atoms. The van der Waals surface area contributed by atoms with Crippen LogP contribution in [-0.2, 0) is 19.6 Å². The summed E-state index contributed by atoms with van der Waals surface area (Å²) in [5.74, 6) is -1.10. The zero-order valence-corrected chi connectivity index (χ0v) is 17.0. The van der Waals surface area contributed by atoms with Gasteiger partial charge in [0.1, 0.15) is 0 Å². The predicted octanol–water partition coefficient (Wildman–Crippen LogP) is 2.87. The fraction of sp³-hybridized carbons (Fsp3) is 0.300. The standard InChI is InChI=1S/C20H24N2O5S/c1-13(2)21-19(23)15(4)27-20(24)16-9-11-17(12-10-16)28(25,26)22-18-8-6-5-7-14(18)3/h5-13,15,22H,1-4H3,(H,21,23)/t15-/m1/s1. The van der Waals surface area contributed by atoms with Crippen LogP contribution >= 0.6 is 0 Å². The van der Waals surface area contributed by atoms with E-state index in [0.717, 1.165) is 5.56 Å². The van der Waals surface area contributed by atoms with E-state index in [2.05, 4.69) is 10.0 Å². The monoisotopic (exact) mass is 404 g/mol. The Morgan fingerprint density at radius 2 is 1.57 bits per heavy atom. The van der Waals surface area contributed by atoms with Gasteiger partial charge in [0.25, 0.3) is 15.9 Å². The minimum atomic E-state index is -3.79. The lowest BCUT2D eigenvalue weighted by Gasteiger charge is -2.15. The van der Waals surface area contributed by atoms with Crippen molar-refractivity contribution in [1.29, 1.82) is 0 Å². The number of ether oxygens (including phenoxy) is 1. The fourth-order valence-corrected chi connectivity index (χ4v) is 3.48. The molecule has 8 heteroatoms. The van der Waals surface area contributed by atoms with Crippen LogP contribution in [0.1, 0.15) is 36.7 Å². The Balaban J connectivity index is 2.09. The Labute approximate surface area is 165 Å². The van der Waals surface area contributed by atoms with E-state index >= 15 is 0 Å². The Morgan fingerprint density at radius 3 is 2.14 bits per heavy atom. The molecular weight excluding hydrogens is 380 g/mol. The molecule has 0 radical (unpaired) electrons. The van der Waals surface area contributed by atoms with Crippen LogP contribution < -0.4 is 10.0 Å². The highest BCUT2D eigenvalue weighted by molar-refractivity contribution is 7.92. The minimum absolute atomic E-state index is 0.0119. The molecule has 2 aromatic carbocycles. The van der Waals surface area contributed by atoms with Crippen molar-refractivity contribution in [2.75, 3.05) is 4.72 Å². The van der Waals surface area contributed by atoms with Gasteiger partial charge in [-0.1, -0.05) is 18.2 Å². The van der Waals surface area contributed by atoms with E-state index in [9.17, 15) is 18.0 Å². The summed E-state index contributed by atoms with van der Waals surface area (Å²) in [6.45, 7) is 6.88. The summed E-state index contributed by atoms with van der Waals surface area (Å²) in [6.07, 6.45) is -0.957. The summed E-state index contributed by atoms with van der Waals surface area (Å²) in [5.41, 5.74) is 1.43. The number of carbonyl (C=O) groups is 2. The molecule has 0 aliphatic heterocycles. The van der Waals surface area contributed by atoms with Crippen LogP contribution in [0.2, 0.25) is 0 Å². The Bertz CT molecular complexity index is 953.